The lowest BCUT2D eigenvalue weighted by atomic mass is 10.1. The van der Waals surface area contributed by atoms with Crippen molar-refractivity contribution in [3.63, 3.8) is 0 Å². The van der Waals surface area contributed by atoms with Gasteiger partial charge in [-0.3, -0.25) is 5.43 Å². The summed E-state index contributed by atoms with van der Waals surface area (Å²) in [6.45, 7) is 5.21. The first kappa shape index (κ1) is 14.6. The van der Waals surface area contributed by atoms with Crippen molar-refractivity contribution < 1.29 is 0 Å². The molecule has 1 aromatic rings. The third-order valence-corrected chi connectivity index (χ3v) is 5.19. The number of rotatable bonds is 3. The Morgan fingerprint density at radius 1 is 1.10 bits per heavy atom. The summed E-state index contributed by atoms with van der Waals surface area (Å²) < 4.78 is 0. The normalized spacial score (nSPS) is 23.2. The largest absolute Gasteiger partial charge is 0.341 e. The number of nitrogens with zero attached hydrogens (tertiary/aromatic N) is 5. The highest BCUT2D eigenvalue weighted by Crippen LogP contribution is 2.24. The van der Waals surface area contributed by atoms with E-state index >= 15 is 0 Å². The van der Waals surface area contributed by atoms with Crippen molar-refractivity contribution in [2.45, 2.75) is 32.2 Å². The molecule has 8 heteroatoms. The molecular weight excluding hydrogens is 286 g/mol. The molecule has 21 heavy (non-hydrogen) atoms. The van der Waals surface area contributed by atoms with Crippen molar-refractivity contribution in [3.05, 3.63) is 0 Å². The van der Waals surface area contributed by atoms with Gasteiger partial charge in [0.15, 0.2) is 0 Å². The summed E-state index contributed by atoms with van der Waals surface area (Å²) in [7, 11) is 0. The Balaban J connectivity index is 1.88. The maximum Gasteiger partial charge on any atom is 0.243 e. The van der Waals surface area contributed by atoms with E-state index in [0.29, 0.717) is 12.0 Å². The molecule has 0 bridgehead atoms. The predicted molar refractivity (Wildman–Crippen MR) is 87.8 cm³/mol. The number of hydrazine groups is 1. The van der Waals surface area contributed by atoms with Gasteiger partial charge in [-0.15, -0.1) is 0 Å². The Morgan fingerprint density at radius 3 is 2.57 bits per heavy atom. The van der Waals surface area contributed by atoms with E-state index in [9.17, 15) is 0 Å². The average molecular weight is 309 g/mol. The second kappa shape index (κ2) is 6.65. The zero-order valence-corrected chi connectivity index (χ0v) is 13.3. The number of nitrogens with two attached hydrogens (primary N) is 1. The van der Waals surface area contributed by atoms with Crippen molar-refractivity contribution >= 4 is 29.6 Å². The topological polar surface area (TPSA) is 83.2 Å². The smallest absolute Gasteiger partial charge is 0.243 e. The van der Waals surface area contributed by atoms with Crippen LogP contribution in [-0.4, -0.2) is 52.1 Å². The lowest BCUT2D eigenvalue weighted by molar-refractivity contribution is 0.566. The molecule has 3 N–H and O–H groups in total. The molecule has 1 aromatic heterocycles. The van der Waals surface area contributed by atoms with E-state index in [-0.39, 0.29) is 0 Å². The van der Waals surface area contributed by atoms with Crippen LogP contribution in [0.4, 0.5) is 17.8 Å². The average Bonchev–Trinajstić information content (AvgIpc) is 2.55. The van der Waals surface area contributed by atoms with E-state index in [1.54, 1.807) is 0 Å². The number of aromatic nitrogens is 3. The van der Waals surface area contributed by atoms with Crippen molar-refractivity contribution in [1.82, 2.24) is 15.0 Å². The van der Waals surface area contributed by atoms with E-state index in [1.165, 1.54) is 19.3 Å². The van der Waals surface area contributed by atoms with Crippen LogP contribution >= 0.6 is 11.8 Å². The molecule has 3 heterocycles. The summed E-state index contributed by atoms with van der Waals surface area (Å²) in [6, 6.07) is 0.436. The molecular formula is C13H23N7S. The summed E-state index contributed by atoms with van der Waals surface area (Å²) in [5.41, 5.74) is 2.58. The van der Waals surface area contributed by atoms with Crippen LogP contribution in [-0.2, 0) is 0 Å². The van der Waals surface area contributed by atoms with Gasteiger partial charge in [0.05, 0.1) is 0 Å². The van der Waals surface area contributed by atoms with E-state index in [4.69, 9.17) is 10.8 Å². The molecule has 2 fully saturated rings. The van der Waals surface area contributed by atoms with Gasteiger partial charge < -0.3 is 9.80 Å². The van der Waals surface area contributed by atoms with Gasteiger partial charge in [-0.1, -0.05) is 0 Å². The molecule has 2 saturated heterocycles. The first-order valence-electron chi connectivity index (χ1n) is 7.60. The maximum atomic E-state index is 5.54. The highest BCUT2D eigenvalue weighted by molar-refractivity contribution is 7.99. The maximum absolute atomic E-state index is 5.54. The van der Waals surface area contributed by atoms with Crippen molar-refractivity contribution in [1.29, 1.82) is 0 Å². The number of hydrogen-bond donors (Lipinski definition) is 2. The van der Waals surface area contributed by atoms with Crippen LogP contribution in [0.15, 0.2) is 0 Å². The molecule has 1 atom stereocenters. The van der Waals surface area contributed by atoms with Crippen LogP contribution in [0.25, 0.3) is 0 Å². The summed E-state index contributed by atoms with van der Waals surface area (Å²) in [5.74, 6) is 9.70. The Labute approximate surface area is 129 Å². The number of thioether (sulfide) groups is 1. The molecule has 116 valence electrons. The van der Waals surface area contributed by atoms with Gasteiger partial charge in [0.1, 0.15) is 0 Å². The predicted octanol–water partition coefficient (Wildman–Crippen LogP) is 1.09. The van der Waals surface area contributed by atoms with Crippen LogP contribution in [0.2, 0.25) is 0 Å². The zero-order valence-electron chi connectivity index (χ0n) is 12.5. The quantitative estimate of drug-likeness (QED) is 0.634. The number of nitrogens with one attached hydrogen (secondary N) is 1. The van der Waals surface area contributed by atoms with Gasteiger partial charge in [-0.2, -0.15) is 26.7 Å². The first-order chi connectivity index (χ1) is 10.3. The van der Waals surface area contributed by atoms with Gasteiger partial charge in [0.2, 0.25) is 17.8 Å². The van der Waals surface area contributed by atoms with Crippen molar-refractivity contribution in [2.24, 2.45) is 5.84 Å². The van der Waals surface area contributed by atoms with Gasteiger partial charge in [0, 0.05) is 37.2 Å². The molecule has 0 saturated carbocycles. The SMILES string of the molecule is CC1CSCCN1c1nc(NN)nc(N2CCCCC2)n1. The highest BCUT2D eigenvalue weighted by atomic mass is 32.2. The Bertz CT molecular complexity index is 478. The molecule has 0 amide bonds. The van der Waals surface area contributed by atoms with Gasteiger partial charge in [0.25, 0.3) is 0 Å². The van der Waals surface area contributed by atoms with E-state index < -0.39 is 0 Å². The second-order valence-corrected chi connectivity index (χ2v) is 6.72. The lowest BCUT2D eigenvalue weighted by Crippen LogP contribution is -2.42. The fraction of sp³-hybridized carbons (Fsp3) is 0.769. The molecule has 0 aromatic carbocycles. The van der Waals surface area contributed by atoms with E-state index in [0.717, 1.165) is 43.0 Å². The molecule has 0 radical (unpaired) electrons. The molecule has 0 aliphatic carbocycles. The molecule has 3 rings (SSSR count). The number of piperidine rings is 1. The van der Waals surface area contributed by atoms with Crippen molar-refractivity contribution in [2.75, 3.05) is 46.4 Å². The minimum absolute atomic E-state index is 0.436. The zero-order chi connectivity index (χ0) is 14.7. The van der Waals surface area contributed by atoms with Crippen LogP contribution in [0.5, 0.6) is 0 Å². The van der Waals surface area contributed by atoms with Gasteiger partial charge >= 0.3 is 0 Å². The second-order valence-electron chi connectivity index (χ2n) is 5.57. The summed E-state index contributed by atoms with van der Waals surface area (Å²) >= 11 is 1.98. The minimum Gasteiger partial charge on any atom is -0.341 e. The van der Waals surface area contributed by atoms with E-state index in [2.05, 4.69) is 32.1 Å². The number of anilines is 3. The van der Waals surface area contributed by atoms with Gasteiger partial charge in [-0.05, 0) is 26.2 Å². The molecule has 7 nitrogen and oxygen atoms in total. The van der Waals surface area contributed by atoms with Crippen LogP contribution in [0.1, 0.15) is 26.2 Å². The number of hydrogen-bond acceptors (Lipinski definition) is 8. The fourth-order valence-corrected chi connectivity index (χ4v) is 3.82. The Kier molecular flexibility index (Phi) is 4.64. The monoisotopic (exact) mass is 309 g/mol. The van der Waals surface area contributed by atoms with Crippen LogP contribution in [0, 0.1) is 0 Å². The number of nitrogen functional groups attached to an aromatic ring is 1. The molecule has 0 spiro atoms. The fourth-order valence-electron chi connectivity index (χ4n) is 2.81. The summed E-state index contributed by atoms with van der Waals surface area (Å²) in [6.07, 6.45) is 3.68. The van der Waals surface area contributed by atoms with Crippen molar-refractivity contribution in [3.8, 4) is 0 Å². The molecule has 1 unspecified atom stereocenters. The van der Waals surface area contributed by atoms with E-state index in [1.807, 2.05) is 11.8 Å². The third kappa shape index (κ3) is 3.32. The Morgan fingerprint density at radius 2 is 1.86 bits per heavy atom. The van der Waals surface area contributed by atoms with Gasteiger partial charge in [-0.25, -0.2) is 5.84 Å². The lowest BCUT2D eigenvalue weighted by Gasteiger charge is -2.34. The first-order valence-corrected chi connectivity index (χ1v) is 8.75. The van der Waals surface area contributed by atoms with Crippen LogP contribution in [0.3, 0.4) is 0 Å². The minimum atomic E-state index is 0.436. The third-order valence-electron chi connectivity index (χ3n) is 4.00. The van der Waals surface area contributed by atoms with Crippen LogP contribution < -0.4 is 21.1 Å². The molecule has 2 aliphatic rings. The summed E-state index contributed by atoms with van der Waals surface area (Å²) in [4.78, 5) is 18.1. The Hall–Kier alpha value is -1.28. The standard InChI is InChI=1S/C13H23N7S/c1-10-9-21-8-7-20(10)13-16-11(18-14)15-12(17-13)19-5-3-2-4-6-19/h10H,2-9,14H2,1H3,(H,15,16,17,18). The molecule has 2 aliphatic heterocycles. The summed E-state index contributed by atoms with van der Waals surface area (Å²) in [5, 5.41) is 0. The highest BCUT2D eigenvalue weighted by Gasteiger charge is 2.24.